The monoisotopic (exact) mass is 281 g/mol. The molecule has 0 saturated heterocycles. The molecule has 0 spiro atoms. The van der Waals surface area contributed by atoms with Crippen molar-refractivity contribution in [3.05, 3.63) is 45.9 Å². The van der Waals surface area contributed by atoms with E-state index in [1.165, 1.54) is 16.2 Å². The molecule has 2 heterocycles. The zero-order valence-electron chi connectivity index (χ0n) is 9.64. The zero-order chi connectivity index (χ0) is 13.6. The molecule has 7 heteroatoms. The molecule has 0 fully saturated rings. The molecule has 3 rings (SSSR count). The Labute approximate surface area is 111 Å². The Morgan fingerprint density at radius 2 is 2.21 bits per heavy atom. The maximum Gasteiger partial charge on any atom is 0.249 e. The summed E-state index contributed by atoms with van der Waals surface area (Å²) in [5, 5.41) is 1.77. The predicted molar refractivity (Wildman–Crippen MR) is 66.6 cm³/mol. The SMILES string of the molecule is NC1C(=O)N(Cc2cscn2)c2cc(F)cc(F)c21. The summed E-state index contributed by atoms with van der Waals surface area (Å²) < 4.78 is 27.0. The van der Waals surface area contributed by atoms with E-state index >= 15 is 0 Å². The fraction of sp³-hybridized carbons (Fsp3) is 0.167. The molecule has 19 heavy (non-hydrogen) atoms. The molecular weight excluding hydrogens is 272 g/mol. The molecule has 2 N–H and O–H groups in total. The van der Waals surface area contributed by atoms with E-state index in [1.807, 2.05) is 0 Å². The number of fused-ring (bicyclic) bond motifs is 1. The number of rotatable bonds is 2. The van der Waals surface area contributed by atoms with E-state index in [9.17, 15) is 13.6 Å². The lowest BCUT2D eigenvalue weighted by Gasteiger charge is -2.16. The second kappa shape index (κ2) is 4.36. The number of aromatic nitrogens is 1. The second-order valence-electron chi connectivity index (χ2n) is 4.20. The van der Waals surface area contributed by atoms with Gasteiger partial charge in [-0.2, -0.15) is 0 Å². The lowest BCUT2D eigenvalue weighted by Crippen LogP contribution is -2.31. The molecule has 1 amide bonds. The molecule has 1 unspecified atom stereocenters. The Morgan fingerprint density at radius 1 is 1.42 bits per heavy atom. The number of hydrogen-bond donors (Lipinski definition) is 1. The number of nitrogens with zero attached hydrogens (tertiary/aromatic N) is 2. The second-order valence-corrected chi connectivity index (χ2v) is 4.92. The number of nitrogens with two attached hydrogens (primary N) is 1. The molecule has 1 atom stereocenters. The quantitative estimate of drug-likeness (QED) is 0.915. The zero-order valence-corrected chi connectivity index (χ0v) is 10.5. The molecule has 2 aromatic rings. The number of thiazole rings is 1. The molecule has 0 radical (unpaired) electrons. The fourth-order valence-corrected chi connectivity index (χ4v) is 2.70. The Morgan fingerprint density at radius 3 is 2.89 bits per heavy atom. The Balaban J connectivity index is 2.06. The summed E-state index contributed by atoms with van der Waals surface area (Å²) in [4.78, 5) is 17.4. The summed E-state index contributed by atoms with van der Waals surface area (Å²) in [5.41, 5.74) is 8.20. The van der Waals surface area contributed by atoms with Crippen molar-refractivity contribution in [2.45, 2.75) is 12.6 Å². The summed E-state index contributed by atoms with van der Waals surface area (Å²) in [7, 11) is 0. The third-order valence-corrected chi connectivity index (χ3v) is 3.65. The highest BCUT2D eigenvalue weighted by Gasteiger charge is 2.37. The highest BCUT2D eigenvalue weighted by molar-refractivity contribution is 7.07. The van der Waals surface area contributed by atoms with Crippen molar-refractivity contribution in [3.63, 3.8) is 0 Å². The average Bonchev–Trinajstić information content (AvgIpc) is 2.93. The first-order valence-corrected chi connectivity index (χ1v) is 6.45. The topological polar surface area (TPSA) is 59.2 Å². The van der Waals surface area contributed by atoms with E-state index in [0.29, 0.717) is 5.69 Å². The average molecular weight is 281 g/mol. The Kier molecular flexibility index (Phi) is 2.79. The van der Waals surface area contributed by atoms with Crippen molar-refractivity contribution in [1.82, 2.24) is 4.98 Å². The van der Waals surface area contributed by atoms with Gasteiger partial charge in [0.1, 0.15) is 17.7 Å². The van der Waals surface area contributed by atoms with E-state index < -0.39 is 23.6 Å². The van der Waals surface area contributed by atoms with Gasteiger partial charge in [-0.1, -0.05) is 0 Å². The van der Waals surface area contributed by atoms with Crippen molar-refractivity contribution in [1.29, 1.82) is 0 Å². The van der Waals surface area contributed by atoms with Crippen LogP contribution in [0, 0.1) is 11.6 Å². The minimum atomic E-state index is -1.09. The number of carbonyl (C=O) groups is 1. The first-order chi connectivity index (χ1) is 9.08. The first kappa shape index (κ1) is 12.2. The van der Waals surface area contributed by atoms with Crippen LogP contribution in [0.25, 0.3) is 0 Å². The fourth-order valence-electron chi connectivity index (χ4n) is 2.15. The maximum atomic E-state index is 13.7. The van der Waals surface area contributed by atoms with Crippen LogP contribution in [-0.2, 0) is 11.3 Å². The standard InChI is InChI=1S/C12H9F2N3OS/c13-6-1-8(14)10-9(2-6)17(12(18)11(10)15)3-7-4-19-5-16-7/h1-2,4-5,11H,3,15H2. The van der Waals surface area contributed by atoms with Gasteiger partial charge in [0, 0.05) is 17.0 Å². The van der Waals surface area contributed by atoms with E-state index in [0.717, 1.165) is 12.1 Å². The van der Waals surface area contributed by atoms with Gasteiger partial charge in [-0.25, -0.2) is 13.8 Å². The third kappa shape index (κ3) is 1.91. The van der Waals surface area contributed by atoms with Crippen LogP contribution in [0.3, 0.4) is 0 Å². The van der Waals surface area contributed by atoms with Crippen LogP contribution < -0.4 is 10.6 Å². The van der Waals surface area contributed by atoms with Gasteiger partial charge < -0.3 is 10.6 Å². The molecular formula is C12H9F2N3OS. The van der Waals surface area contributed by atoms with Crippen LogP contribution in [0.1, 0.15) is 17.3 Å². The highest BCUT2D eigenvalue weighted by Crippen LogP contribution is 2.37. The summed E-state index contributed by atoms with van der Waals surface area (Å²) in [5.74, 6) is -1.98. The lowest BCUT2D eigenvalue weighted by atomic mass is 10.1. The minimum Gasteiger partial charge on any atom is -0.316 e. The van der Waals surface area contributed by atoms with Gasteiger partial charge in [0.15, 0.2) is 0 Å². The molecule has 98 valence electrons. The lowest BCUT2D eigenvalue weighted by molar-refractivity contribution is -0.119. The van der Waals surface area contributed by atoms with E-state index in [1.54, 1.807) is 10.9 Å². The van der Waals surface area contributed by atoms with Crippen LogP contribution in [0.5, 0.6) is 0 Å². The van der Waals surface area contributed by atoms with Crippen molar-refractivity contribution in [2.24, 2.45) is 5.73 Å². The van der Waals surface area contributed by atoms with Gasteiger partial charge in [-0.15, -0.1) is 11.3 Å². The number of anilines is 1. The van der Waals surface area contributed by atoms with Crippen LogP contribution >= 0.6 is 11.3 Å². The third-order valence-electron chi connectivity index (χ3n) is 3.01. The number of carbonyl (C=O) groups excluding carboxylic acids is 1. The van der Waals surface area contributed by atoms with Gasteiger partial charge in [0.2, 0.25) is 5.91 Å². The maximum absolute atomic E-state index is 13.7. The molecule has 0 saturated carbocycles. The molecule has 0 aliphatic carbocycles. The van der Waals surface area contributed by atoms with Crippen molar-refractivity contribution < 1.29 is 13.6 Å². The van der Waals surface area contributed by atoms with Crippen LogP contribution in [0.15, 0.2) is 23.0 Å². The highest BCUT2D eigenvalue weighted by atomic mass is 32.1. The summed E-state index contributed by atoms with van der Waals surface area (Å²) >= 11 is 1.38. The number of hydrogen-bond acceptors (Lipinski definition) is 4. The molecule has 1 aromatic carbocycles. The van der Waals surface area contributed by atoms with Crippen molar-refractivity contribution in [2.75, 3.05) is 4.90 Å². The molecule has 1 aliphatic rings. The van der Waals surface area contributed by atoms with Gasteiger partial charge in [-0.05, 0) is 6.07 Å². The van der Waals surface area contributed by atoms with E-state index in [-0.39, 0.29) is 17.8 Å². The predicted octanol–water partition coefficient (Wildman–Crippen LogP) is 1.97. The Bertz CT molecular complexity index is 645. The summed E-state index contributed by atoms with van der Waals surface area (Å²) in [6.07, 6.45) is 0. The summed E-state index contributed by atoms with van der Waals surface area (Å²) in [6, 6.07) is 0.766. The van der Waals surface area contributed by atoms with E-state index in [4.69, 9.17) is 5.73 Å². The van der Waals surface area contributed by atoms with Crippen LogP contribution in [-0.4, -0.2) is 10.9 Å². The normalized spacial score (nSPS) is 17.9. The minimum absolute atomic E-state index is 0.0432. The smallest absolute Gasteiger partial charge is 0.249 e. The summed E-state index contributed by atoms with van der Waals surface area (Å²) in [6.45, 7) is 0.159. The van der Waals surface area contributed by atoms with E-state index in [2.05, 4.69) is 4.98 Å². The molecule has 1 aliphatic heterocycles. The van der Waals surface area contributed by atoms with Crippen LogP contribution in [0.2, 0.25) is 0 Å². The van der Waals surface area contributed by atoms with Gasteiger partial charge in [0.25, 0.3) is 0 Å². The van der Waals surface area contributed by atoms with Gasteiger partial charge in [-0.3, -0.25) is 4.79 Å². The molecule has 4 nitrogen and oxygen atoms in total. The molecule has 1 aromatic heterocycles. The van der Waals surface area contributed by atoms with Crippen LogP contribution in [0.4, 0.5) is 14.5 Å². The first-order valence-electron chi connectivity index (χ1n) is 5.51. The van der Waals surface area contributed by atoms with Crippen molar-refractivity contribution in [3.8, 4) is 0 Å². The van der Waals surface area contributed by atoms with Gasteiger partial charge in [0.05, 0.1) is 23.4 Å². The molecule has 0 bridgehead atoms. The van der Waals surface area contributed by atoms with Gasteiger partial charge >= 0.3 is 0 Å². The van der Waals surface area contributed by atoms with Crippen molar-refractivity contribution >= 4 is 22.9 Å². The number of benzene rings is 1. The largest absolute Gasteiger partial charge is 0.316 e. The Hall–Kier alpha value is -1.86. The number of halogens is 2. The number of amides is 1.